The third-order valence-corrected chi connectivity index (χ3v) is 4.94. The van der Waals surface area contributed by atoms with Gasteiger partial charge in [0.25, 0.3) is 0 Å². The molecule has 0 spiro atoms. The molecule has 1 N–H and O–H groups in total. The molecule has 2 saturated heterocycles. The highest BCUT2D eigenvalue weighted by Gasteiger charge is 2.26. The van der Waals surface area contributed by atoms with Crippen LogP contribution in [-0.2, 0) is 9.53 Å². The molecule has 142 valence electrons. The van der Waals surface area contributed by atoms with E-state index in [2.05, 4.69) is 19.8 Å². The van der Waals surface area contributed by atoms with E-state index in [0.29, 0.717) is 58.7 Å². The predicted octanol–water partition coefficient (Wildman–Crippen LogP) is 1.06. The molecule has 0 unspecified atom stereocenters. The fourth-order valence-electron chi connectivity index (χ4n) is 3.37. The van der Waals surface area contributed by atoms with Crippen LogP contribution >= 0.6 is 0 Å². The van der Waals surface area contributed by atoms with Gasteiger partial charge in [0.2, 0.25) is 0 Å². The summed E-state index contributed by atoms with van der Waals surface area (Å²) in [6, 6.07) is 1.95. The monoisotopic (exact) mass is 363 g/mol. The molecule has 3 heterocycles. The average Bonchev–Trinajstić information content (AvgIpc) is 2.68. The van der Waals surface area contributed by atoms with E-state index in [1.807, 2.05) is 6.07 Å². The molecule has 1 aromatic rings. The van der Waals surface area contributed by atoms with Gasteiger partial charge in [-0.15, -0.1) is 0 Å². The first-order valence-corrected chi connectivity index (χ1v) is 9.05. The van der Waals surface area contributed by atoms with Crippen molar-refractivity contribution in [2.24, 2.45) is 5.92 Å². The molecule has 0 atom stereocenters. The predicted molar refractivity (Wildman–Crippen MR) is 95.4 cm³/mol. The summed E-state index contributed by atoms with van der Waals surface area (Å²) in [7, 11) is 0. The third kappa shape index (κ3) is 4.14. The van der Waals surface area contributed by atoms with Gasteiger partial charge in [-0.3, -0.25) is 4.79 Å². The second-order valence-electron chi connectivity index (χ2n) is 6.51. The molecule has 0 aromatic carbocycles. The van der Waals surface area contributed by atoms with Crippen molar-refractivity contribution in [3.05, 3.63) is 12.4 Å². The quantitative estimate of drug-likeness (QED) is 0.848. The molecule has 0 bridgehead atoms. The Labute approximate surface area is 152 Å². The Bertz CT molecular complexity index is 640. The number of amides is 1. The van der Waals surface area contributed by atoms with Crippen molar-refractivity contribution in [2.45, 2.75) is 19.8 Å². The lowest BCUT2D eigenvalue weighted by Gasteiger charge is -2.35. The van der Waals surface area contributed by atoms with Crippen LogP contribution in [-0.4, -0.2) is 77.9 Å². The van der Waals surface area contributed by atoms with E-state index in [4.69, 9.17) is 9.84 Å². The molecule has 2 fully saturated rings. The number of piperazine rings is 1. The normalized spacial score (nSPS) is 18.7. The first-order valence-electron chi connectivity index (χ1n) is 9.05. The molecule has 2 aliphatic rings. The zero-order chi connectivity index (χ0) is 18.5. The van der Waals surface area contributed by atoms with E-state index in [0.717, 1.165) is 11.6 Å². The van der Waals surface area contributed by atoms with Gasteiger partial charge in [-0.1, -0.05) is 0 Å². The van der Waals surface area contributed by atoms with E-state index >= 15 is 0 Å². The number of carbonyl (C=O) groups is 2. The van der Waals surface area contributed by atoms with Crippen LogP contribution in [0.2, 0.25) is 0 Å². The van der Waals surface area contributed by atoms with Crippen molar-refractivity contribution in [2.75, 3.05) is 55.7 Å². The van der Waals surface area contributed by atoms with Crippen molar-refractivity contribution >= 4 is 23.7 Å². The minimum absolute atomic E-state index is 0.261. The first kappa shape index (κ1) is 18.2. The smallest absolute Gasteiger partial charge is 0.409 e. The van der Waals surface area contributed by atoms with Gasteiger partial charge >= 0.3 is 12.1 Å². The molecule has 1 aromatic heterocycles. The number of aliphatic carboxylic acids is 1. The van der Waals surface area contributed by atoms with Crippen LogP contribution in [0.3, 0.4) is 0 Å². The number of aromatic nitrogens is 2. The minimum atomic E-state index is -0.715. The minimum Gasteiger partial charge on any atom is -0.481 e. The number of hydrogen-bond donors (Lipinski definition) is 1. The maximum absolute atomic E-state index is 11.8. The summed E-state index contributed by atoms with van der Waals surface area (Å²) in [6.45, 7) is 6.13. The fourth-order valence-corrected chi connectivity index (χ4v) is 3.37. The SMILES string of the molecule is CCOC(=O)N1CCN(c2cc(N3CCC(C(=O)O)CC3)ncn2)CC1. The number of carboxylic acids is 1. The fraction of sp³-hybridized carbons (Fsp3) is 0.647. The first-order chi connectivity index (χ1) is 12.6. The number of carbonyl (C=O) groups excluding carboxylic acids is 1. The van der Waals surface area contributed by atoms with Crippen LogP contribution in [0, 0.1) is 5.92 Å². The number of rotatable bonds is 4. The van der Waals surface area contributed by atoms with Gasteiger partial charge < -0.3 is 24.5 Å². The van der Waals surface area contributed by atoms with E-state index < -0.39 is 5.97 Å². The molecule has 9 nitrogen and oxygen atoms in total. The topological polar surface area (TPSA) is 99.1 Å². The maximum atomic E-state index is 11.8. The van der Waals surface area contributed by atoms with Crippen molar-refractivity contribution < 1.29 is 19.4 Å². The lowest BCUT2D eigenvalue weighted by atomic mass is 9.97. The lowest BCUT2D eigenvalue weighted by Crippen LogP contribution is -2.49. The van der Waals surface area contributed by atoms with E-state index in [-0.39, 0.29) is 12.0 Å². The summed E-state index contributed by atoms with van der Waals surface area (Å²) in [5.74, 6) is 0.682. The van der Waals surface area contributed by atoms with Gasteiger partial charge in [0.15, 0.2) is 0 Å². The van der Waals surface area contributed by atoms with Crippen LogP contribution in [0.15, 0.2) is 12.4 Å². The van der Waals surface area contributed by atoms with E-state index in [1.54, 1.807) is 18.2 Å². The Morgan fingerprint density at radius 3 is 2.19 bits per heavy atom. The summed E-state index contributed by atoms with van der Waals surface area (Å²) >= 11 is 0. The lowest BCUT2D eigenvalue weighted by molar-refractivity contribution is -0.142. The Balaban J connectivity index is 1.58. The van der Waals surface area contributed by atoms with E-state index in [1.165, 1.54) is 0 Å². The van der Waals surface area contributed by atoms with E-state index in [9.17, 15) is 9.59 Å². The summed E-state index contributed by atoms with van der Waals surface area (Å²) in [5, 5.41) is 9.12. The maximum Gasteiger partial charge on any atom is 0.409 e. The molecule has 0 saturated carbocycles. The zero-order valence-corrected chi connectivity index (χ0v) is 15.0. The molecule has 26 heavy (non-hydrogen) atoms. The van der Waals surface area contributed by atoms with Gasteiger partial charge in [0.1, 0.15) is 18.0 Å². The Kier molecular flexibility index (Phi) is 5.75. The standard InChI is InChI=1S/C17H25N5O4/c1-2-26-17(25)22-9-7-21(8-10-22)15-11-14(18-12-19-15)20-5-3-13(4-6-20)16(23)24/h11-13H,2-10H2,1H3,(H,23,24). The van der Waals surface area contributed by atoms with Crippen molar-refractivity contribution in [1.82, 2.24) is 14.9 Å². The molecule has 1 amide bonds. The summed E-state index contributed by atoms with van der Waals surface area (Å²) < 4.78 is 5.04. The summed E-state index contributed by atoms with van der Waals surface area (Å²) in [5.41, 5.74) is 0. The molecular formula is C17H25N5O4. The van der Waals surface area contributed by atoms with Gasteiger partial charge in [-0.2, -0.15) is 0 Å². The van der Waals surface area contributed by atoms with Crippen molar-refractivity contribution in [1.29, 1.82) is 0 Å². The van der Waals surface area contributed by atoms with Crippen molar-refractivity contribution in [3.63, 3.8) is 0 Å². The van der Waals surface area contributed by atoms with Crippen LogP contribution in [0.5, 0.6) is 0 Å². The van der Waals surface area contributed by atoms with Crippen LogP contribution in [0.4, 0.5) is 16.4 Å². The van der Waals surface area contributed by atoms with Crippen LogP contribution in [0.1, 0.15) is 19.8 Å². The molecule has 0 aliphatic carbocycles. The zero-order valence-electron chi connectivity index (χ0n) is 15.0. The molecule has 9 heteroatoms. The van der Waals surface area contributed by atoms with Crippen LogP contribution in [0.25, 0.3) is 0 Å². The number of hydrogen-bond acceptors (Lipinski definition) is 7. The Morgan fingerprint density at radius 1 is 1.08 bits per heavy atom. The average molecular weight is 363 g/mol. The Morgan fingerprint density at radius 2 is 1.65 bits per heavy atom. The summed E-state index contributed by atoms with van der Waals surface area (Å²) in [6.07, 6.45) is 2.54. The molecule has 3 rings (SSSR count). The second-order valence-corrected chi connectivity index (χ2v) is 6.51. The van der Waals surface area contributed by atoms with Gasteiger partial charge in [-0.25, -0.2) is 14.8 Å². The van der Waals surface area contributed by atoms with Gasteiger partial charge in [0, 0.05) is 45.3 Å². The van der Waals surface area contributed by atoms with Crippen LogP contribution < -0.4 is 9.80 Å². The number of anilines is 2. The highest BCUT2D eigenvalue weighted by Crippen LogP contribution is 2.24. The Hall–Kier alpha value is -2.58. The summed E-state index contributed by atoms with van der Waals surface area (Å²) in [4.78, 5) is 37.5. The van der Waals surface area contributed by atoms with Gasteiger partial charge in [-0.05, 0) is 19.8 Å². The number of ether oxygens (including phenoxy) is 1. The molecule has 2 aliphatic heterocycles. The molecule has 0 radical (unpaired) electrons. The number of piperidine rings is 1. The number of carboxylic acid groups (broad SMARTS) is 1. The highest BCUT2D eigenvalue weighted by atomic mass is 16.6. The largest absolute Gasteiger partial charge is 0.481 e. The number of nitrogens with zero attached hydrogens (tertiary/aromatic N) is 5. The second kappa shape index (κ2) is 8.20. The van der Waals surface area contributed by atoms with Crippen molar-refractivity contribution in [3.8, 4) is 0 Å². The highest BCUT2D eigenvalue weighted by molar-refractivity contribution is 5.70. The third-order valence-electron chi connectivity index (χ3n) is 4.94. The van der Waals surface area contributed by atoms with Gasteiger partial charge in [0.05, 0.1) is 12.5 Å². The molecular weight excluding hydrogens is 338 g/mol.